The average Bonchev–Trinajstić information content (AvgIpc) is 2.82. The second-order valence-electron chi connectivity index (χ2n) is 4.51. The van der Waals surface area contributed by atoms with Crippen LogP contribution in [0.5, 0.6) is 0 Å². The Labute approximate surface area is 131 Å². The minimum absolute atomic E-state index is 0.0414. The van der Waals surface area contributed by atoms with Gasteiger partial charge in [-0.05, 0) is 19.1 Å². The second-order valence-corrected chi connectivity index (χ2v) is 5.33. The normalized spacial score (nSPS) is 12.0. The van der Waals surface area contributed by atoms with Crippen LogP contribution < -0.4 is 10.6 Å². The summed E-state index contributed by atoms with van der Waals surface area (Å²) in [5.41, 5.74) is 0.794. The van der Waals surface area contributed by atoms with Gasteiger partial charge in [0.25, 0.3) is 0 Å². The van der Waals surface area contributed by atoms with Crippen molar-refractivity contribution in [3.63, 3.8) is 0 Å². The predicted molar refractivity (Wildman–Crippen MR) is 80.2 cm³/mol. The highest BCUT2D eigenvalue weighted by Gasteiger charge is 2.14. The lowest BCUT2D eigenvalue weighted by atomic mass is 10.2. The minimum Gasteiger partial charge on any atom is -0.331 e. The third kappa shape index (κ3) is 3.86. The first-order valence-electron chi connectivity index (χ1n) is 6.07. The van der Waals surface area contributed by atoms with E-state index in [1.54, 1.807) is 31.0 Å². The van der Waals surface area contributed by atoms with E-state index in [1.807, 2.05) is 0 Å². The summed E-state index contributed by atoms with van der Waals surface area (Å²) in [6.07, 6.45) is 3.43. The number of carbonyl (C=O) groups is 1. The standard InChI is InChI=1S/C13H13Cl2FN4O/c1-7(8-5-17-20(2)6-8)18-13(21)19-12-4-10(15)9(14)3-11(12)16/h3-7H,1-2H3,(H2,18,19,21). The number of anilines is 1. The van der Waals surface area contributed by atoms with Gasteiger partial charge in [-0.15, -0.1) is 0 Å². The number of rotatable bonds is 3. The largest absolute Gasteiger partial charge is 0.331 e. The van der Waals surface area contributed by atoms with Crippen molar-refractivity contribution in [3.05, 3.63) is 46.0 Å². The van der Waals surface area contributed by atoms with Gasteiger partial charge in [-0.3, -0.25) is 4.68 Å². The number of benzene rings is 1. The SMILES string of the molecule is CC(NC(=O)Nc1cc(Cl)c(Cl)cc1F)c1cnn(C)c1. The first-order valence-corrected chi connectivity index (χ1v) is 6.83. The summed E-state index contributed by atoms with van der Waals surface area (Å²) in [6.45, 7) is 1.79. The van der Waals surface area contributed by atoms with Gasteiger partial charge in [0.2, 0.25) is 0 Å². The third-order valence-electron chi connectivity index (χ3n) is 2.83. The summed E-state index contributed by atoms with van der Waals surface area (Å²) in [5.74, 6) is -0.659. The number of urea groups is 1. The number of hydrogen-bond acceptors (Lipinski definition) is 2. The van der Waals surface area contributed by atoms with Crippen LogP contribution in [-0.4, -0.2) is 15.8 Å². The maximum absolute atomic E-state index is 13.7. The lowest BCUT2D eigenvalue weighted by Gasteiger charge is -2.14. The molecule has 0 spiro atoms. The highest BCUT2D eigenvalue weighted by atomic mass is 35.5. The van der Waals surface area contributed by atoms with Crippen LogP contribution >= 0.6 is 23.2 Å². The van der Waals surface area contributed by atoms with E-state index in [0.717, 1.165) is 11.6 Å². The highest BCUT2D eigenvalue weighted by molar-refractivity contribution is 6.42. The fraction of sp³-hybridized carbons (Fsp3) is 0.231. The van der Waals surface area contributed by atoms with Crippen molar-refractivity contribution in [2.45, 2.75) is 13.0 Å². The Morgan fingerprint density at radius 2 is 2.05 bits per heavy atom. The molecule has 5 nitrogen and oxygen atoms in total. The lowest BCUT2D eigenvalue weighted by Crippen LogP contribution is -2.31. The van der Waals surface area contributed by atoms with Crippen LogP contribution in [0.4, 0.5) is 14.9 Å². The van der Waals surface area contributed by atoms with Crippen molar-refractivity contribution in [2.75, 3.05) is 5.32 Å². The van der Waals surface area contributed by atoms with E-state index in [2.05, 4.69) is 15.7 Å². The fourth-order valence-corrected chi connectivity index (χ4v) is 2.03. The molecule has 0 aliphatic carbocycles. The number of aromatic nitrogens is 2. The Morgan fingerprint density at radius 1 is 1.38 bits per heavy atom. The van der Waals surface area contributed by atoms with Crippen molar-refractivity contribution in [2.24, 2.45) is 7.05 Å². The summed E-state index contributed by atoms with van der Waals surface area (Å²) in [4.78, 5) is 11.9. The molecule has 2 aromatic rings. The molecule has 1 unspecified atom stereocenters. The zero-order valence-electron chi connectivity index (χ0n) is 11.3. The van der Waals surface area contributed by atoms with Crippen molar-refractivity contribution < 1.29 is 9.18 Å². The Hall–Kier alpha value is -1.79. The van der Waals surface area contributed by atoms with Crippen LogP contribution in [0.1, 0.15) is 18.5 Å². The first-order chi connectivity index (χ1) is 9.86. The maximum atomic E-state index is 13.7. The van der Waals surface area contributed by atoms with Crippen molar-refractivity contribution >= 4 is 34.9 Å². The summed E-state index contributed by atoms with van der Waals surface area (Å²) in [7, 11) is 1.78. The zero-order chi connectivity index (χ0) is 15.6. The second kappa shape index (κ2) is 6.32. The van der Waals surface area contributed by atoms with Crippen LogP contribution in [0.15, 0.2) is 24.5 Å². The molecule has 1 heterocycles. The summed E-state index contributed by atoms with van der Waals surface area (Å²) in [5, 5.41) is 9.33. The van der Waals surface area contributed by atoms with E-state index >= 15 is 0 Å². The van der Waals surface area contributed by atoms with Gasteiger partial charge < -0.3 is 10.6 Å². The van der Waals surface area contributed by atoms with Gasteiger partial charge >= 0.3 is 6.03 Å². The zero-order valence-corrected chi connectivity index (χ0v) is 12.8. The van der Waals surface area contributed by atoms with Crippen LogP contribution in [0.3, 0.4) is 0 Å². The van der Waals surface area contributed by atoms with Crippen molar-refractivity contribution in [1.29, 1.82) is 0 Å². The van der Waals surface area contributed by atoms with Crippen LogP contribution in [0.25, 0.3) is 0 Å². The molecule has 0 saturated heterocycles. The summed E-state index contributed by atoms with van der Waals surface area (Å²) < 4.78 is 15.3. The summed E-state index contributed by atoms with van der Waals surface area (Å²) >= 11 is 11.5. The molecule has 21 heavy (non-hydrogen) atoms. The molecule has 0 aliphatic rings. The van der Waals surface area contributed by atoms with Gasteiger partial charge in [0, 0.05) is 18.8 Å². The maximum Gasteiger partial charge on any atom is 0.319 e. The molecule has 2 rings (SSSR count). The van der Waals surface area contributed by atoms with Crippen LogP contribution in [-0.2, 0) is 7.05 Å². The van der Waals surface area contributed by atoms with Crippen molar-refractivity contribution in [3.8, 4) is 0 Å². The molecule has 0 aliphatic heterocycles. The van der Waals surface area contributed by atoms with E-state index in [1.165, 1.54) is 6.07 Å². The van der Waals surface area contributed by atoms with E-state index in [-0.39, 0.29) is 21.8 Å². The Kier molecular flexibility index (Phi) is 4.69. The predicted octanol–water partition coefficient (Wildman–Crippen LogP) is 3.75. The third-order valence-corrected chi connectivity index (χ3v) is 3.55. The molecule has 0 fully saturated rings. The topological polar surface area (TPSA) is 59.0 Å². The van der Waals surface area contributed by atoms with Gasteiger partial charge in [-0.2, -0.15) is 5.10 Å². The smallest absolute Gasteiger partial charge is 0.319 e. The fourth-order valence-electron chi connectivity index (χ4n) is 1.72. The number of hydrogen-bond donors (Lipinski definition) is 2. The molecule has 1 atom stereocenters. The molecule has 1 aromatic heterocycles. The average molecular weight is 331 g/mol. The molecule has 0 saturated carbocycles. The molecule has 0 radical (unpaired) electrons. The number of nitrogens with one attached hydrogen (secondary N) is 2. The van der Waals surface area contributed by atoms with Gasteiger partial charge in [-0.25, -0.2) is 9.18 Å². The summed E-state index contributed by atoms with van der Waals surface area (Å²) in [6, 6.07) is 1.48. The van der Waals surface area contributed by atoms with Crippen LogP contribution in [0, 0.1) is 5.82 Å². The van der Waals surface area contributed by atoms with Gasteiger partial charge in [-0.1, -0.05) is 23.2 Å². The van der Waals surface area contributed by atoms with Gasteiger partial charge in [0.1, 0.15) is 5.82 Å². The number of amides is 2. The molecule has 1 aromatic carbocycles. The molecular formula is C13H13Cl2FN4O. The number of aryl methyl sites for hydroxylation is 1. The molecule has 0 bridgehead atoms. The van der Waals surface area contributed by atoms with E-state index < -0.39 is 11.8 Å². The Morgan fingerprint density at radius 3 is 2.67 bits per heavy atom. The molecular weight excluding hydrogens is 318 g/mol. The number of carbonyl (C=O) groups excluding carboxylic acids is 1. The molecule has 2 N–H and O–H groups in total. The van der Waals surface area contributed by atoms with E-state index in [0.29, 0.717) is 0 Å². The lowest BCUT2D eigenvalue weighted by molar-refractivity contribution is 0.249. The highest BCUT2D eigenvalue weighted by Crippen LogP contribution is 2.28. The number of nitrogens with zero attached hydrogens (tertiary/aromatic N) is 2. The monoisotopic (exact) mass is 330 g/mol. The molecule has 112 valence electrons. The molecule has 8 heteroatoms. The Bertz CT molecular complexity index is 674. The molecule has 2 amide bonds. The van der Waals surface area contributed by atoms with Gasteiger partial charge in [0.15, 0.2) is 0 Å². The minimum atomic E-state index is -0.659. The Balaban J connectivity index is 2.03. The van der Waals surface area contributed by atoms with E-state index in [9.17, 15) is 9.18 Å². The van der Waals surface area contributed by atoms with Gasteiger partial charge in [0.05, 0.1) is 28.0 Å². The van der Waals surface area contributed by atoms with E-state index in [4.69, 9.17) is 23.2 Å². The quantitative estimate of drug-likeness (QED) is 0.842. The first kappa shape index (κ1) is 15.6. The van der Waals surface area contributed by atoms with Crippen molar-refractivity contribution in [1.82, 2.24) is 15.1 Å². The number of halogens is 3. The van der Waals surface area contributed by atoms with Crippen LogP contribution in [0.2, 0.25) is 10.0 Å².